The van der Waals surface area contributed by atoms with Gasteiger partial charge in [0.1, 0.15) is 0 Å². The second-order valence-electron chi connectivity index (χ2n) is 7.46. The number of unbranched alkanes of at least 4 members (excludes halogenated alkanes) is 9. The quantitative estimate of drug-likeness (QED) is 0.212. The van der Waals surface area contributed by atoms with Gasteiger partial charge in [-0.2, -0.15) is 0 Å². The second kappa shape index (κ2) is 19.8. The number of hydrogen-bond acceptors (Lipinski definition) is 4. The summed E-state index contributed by atoms with van der Waals surface area (Å²) in [7, 11) is -4.19. The fourth-order valence-corrected chi connectivity index (χ4v) is 4.20. The maximum absolute atomic E-state index is 11.4. The van der Waals surface area contributed by atoms with E-state index in [0.717, 1.165) is 51.4 Å². The predicted molar refractivity (Wildman–Crippen MR) is 105 cm³/mol. The minimum absolute atomic E-state index is 0. The largest absolute Gasteiger partial charge is 1.00 e. The molecule has 0 saturated heterocycles. The maximum Gasteiger partial charge on any atom is 1.00 e. The molecule has 0 bridgehead atoms. The molecule has 4 nitrogen and oxygen atoms in total. The van der Waals surface area contributed by atoms with Crippen molar-refractivity contribution in [3.8, 4) is 0 Å². The van der Waals surface area contributed by atoms with Crippen LogP contribution in [0.4, 0.5) is 0 Å². The smallest absolute Gasteiger partial charge is 0.748 e. The van der Waals surface area contributed by atoms with Crippen LogP contribution in [0.2, 0.25) is 0 Å². The molecule has 0 spiro atoms. The van der Waals surface area contributed by atoms with Crippen molar-refractivity contribution < 1.29 is 69.5 Å². The first-order valence-corrected chi connectivity index (χ1v) is 12.0. The molecule has 0 saturated carbocycles. The van der Waals surface area contributed by atoms with Crippen molar-refractivity contribution in [1.82, 2.24) is 0 Å². The molecule has 26 heavy (non-hydrogen) atoms. The van der Waals surface area contributed by atoms with Gasteiger partial charge in [0.05, 0.1) is 16.2 Å². The van der Waals surface area contributed by atoms with Crippen LogP contribution in [-0.2, 0) is 10.1 Å². The molecule has 6 heteroatoms. The van der Waals surface area contributed by atoms with Crippen molar-refractivity contribution in [2.24, 2.45) is 0 Å². The van der Waals surface area contributed by atoms with Crippen LogP contribution in [-0.4, -0.2) is 29.4 Å². The Morgan fingerprint density at radius 1 is 0.692 bits per heavy atom. The van der Waals surface area contributed by atoms with E-state index in [1.54, 1.807) is 0 Å². The summed E-state index contributed by atoms with van der Waals surface area (Å²) in [6.45, 7) is 4.32. The Morgan fingerprint density at radius 2 is 1.04 bits per heavy atom. The van der Waals surface area contributed by atoms with Gasteiger partial charge in [-0.1, -0.05) is 90.9 Å². The summed E-state index contributed by atoms with van der Waals surface area (Å²) in [5.74, 6) is 0. The van der Waals surface area contributed by atoms with E-state index in [4.69, 9.17) is 0 Å². The Hall–Kier alpha value is 1.51. The van der Waals surface area contributed by atoms with Gasteiger partial charge in [-0.25, -0.2) is 8.42 Å². The van der Waals surface area contributed by atoms with Crippen molar-refractivity contribution in [2.45, 2.75) is 128 Å². The zero-order valence-corrected chi connectivity index (χ0v) is 21.5. The molecule has 0 aromatic carbocycles. The predicted octanol–water partition coefficient (Wildman–Crippen LogP) is 2.55. The molecule has 0 aliphatic heterocycles. The fourth-order valence-electron chi connectivity index (χ4n) is 3.29. The normalized spacial score (nSPS) is 14.0. The van der Waals surface area contributed by atoms with Crippen molar-refractivity contribution in [3.05, 3.63) is 0 Å². The van der Waals surface area contributed by atoms with Crippen LogP contribution < -0.4 is 51.4 Å². The number of hydrogen-bond donors (Lipinski definition) is 1. The van der Waals surface area contributed by atoms with Gasteiger partial charge in [0.2, 0.25) is 0 Å². The van der Waals surface area contributed by atoms with Crippen LogP contribution in [0.15, 0.2) is 0 Å². The zero-order valence-electron chi connectivity index (χ0n) is 17.5. The van der Waals surface area contributed by atoms with E-state index in [9.17, 15) is 18.1 Å². The van der Waals surface area contributed by atoms with E-state index < -0.39 is 15.4 Å². The van der Waals surface area contributed by atoms with Crippen LogP contribution in [0, 0.1) is 0 Å². The molecule has 0 aliphatic rings. The van der Waals surface area contributed by atoms with Crippen LogP contribution >= 0.6 is 0 Å². The fraction of sp³-hybridized carbons (Fsp3) is 1.00. The van der Waals surface area contributed by atoms with Gasteiger partial charge in [-0.15, -0.1) is 0 Å². The number of aliphatic hydroxyl groups is 1. The number of rotatable bonds is 18. The topological polar surface area (TPSA) is 77.4 Å². The summed E-state index contributed by atoms with van der Waals surface area (Å²) in [5, 5.41) is 9.26. The minimum Gasteiger partial charge on any atom is -0.748 e. The van der Waals surface area contributed by atoms with Gasteiger partial charge in [0, 0.05) is 5.25 Å². The molecule has 2 unspecified atom stereocenters. The van der Waals surface area contributed by atoms with E-state index in [1.807, 2.05) is 0 Å². The summed E-state index contributed by atoms with van der Waals surface area (Å²) in [6, 6.07) is 0. The van der Waals surface area contributed by atoms with E-state index in [2.05, 4.69) is 13.8 Å². The van der Waals surface area contributed by atoms with Crippen molar-refractivity contribution in [1.29, 1.82) is 0 Å². The van der Waals surface area contributed by atoms with Crippen molar-refractivity contribution in [2.75, 3.05) is 0 Å². The van der Waals surface area contributed by atoms with Crippen LogP contribution in [0.3, 0.4) is 0 Å². The summed E-state index contributed by atoms with van der Waals surface area (Å²) >= 11 is 0. The third-order valence-corrected chi connectivity index (χ3v) is 6.28. The van der Waals surface area contributed by atoms with E-state index >= 15 is 0 Å². The second-order valence-corrected chi connectivity index (χ2v) is 9.11. The van der Waals surface area contributed by atoms with Gasteiger partial charge in [0.25, 0.3) is 0 Å². The molecule has 0 fully saturated rings. The molecule has 152 valence electrons. The van der Waals surface area contributed by atoms with Crippen molar-refractivity contribution in [3.63, 3.8) is 0 Å². The van der Waals surface area contributed by atoms with E-state index in [-0.39, 0.29) is 57.5 Å². The monoisotopic (exact) mass is 416 g/mol. The molecule has 0 heterocycles. The summed E-state index contributed by atoms with van der Waals surface area (Å²) in [6.07, 6.45) is 15.1. The Labute approximate surface area is 205 Å². The van der Waals surface area contributed by atoms with Gasteiger partial charge >= 0.3 is 51.4 Å². The Kier molecular flexibility index (Phi) is 22.6. The number of aliphatic hydroxyl groups excluding tert-OH is 1. The van der Waals surface area contributed by atoms with Crippen LogP contribution in [0.25, 0.3) is 0 Å². The van der Waals surface area contributed by atoms with Gasteiger partial charge < -0.3 is 9.66 Å². The maximum atomic E-state index is 11.4. The van der Waals surface area contributed by atoms with Crippen LogP contribution in [0.5, 0.6) is 0 Å². The minimum atomic E-state index is -4.19. The third-order valence-electron chi connectivity index (χ3n) is 4.99. The zero-order chi connectivity index (χ0) is 19.0. The molecule has 0 amide bonds. The Morgan fingerprint density at radius 3 is 1.54 bits per heavy atom. The van der Waals surface area contributed by atoms with E-state index in [0.29, 0.717) is 19.3 Å². The Bertz CT molecular complexity index is 387. The molecular weight excluding hydrogens is 375 g/mol. The molecule has 2 atom stereocenters. The van der Waals surface area contributed by atoms with Crippen molar-refractivity contribution >= 4 is 10.1 Å². The average Bonchev–Trinajstić information content (AvgIpc) is 2.55. The Balaban J connectivity index is 0. The average molecular weight is 417 g/mol. The molecular formula is C20H41KO4S. The van der Waals surface area contributed by atoms with Gasteiger partial charge in [-0.05, 0) is 25.7 Å². The molecule has 1 N–H and O–H groups in total. The third kappa shape index (κ3) is 18.9. The molecule has 0 radical (unpaired) electrons. The van der Waals surface area contributed by atoms with E-state index in [1.165, 1.54) is 32.1 Å². The molecule has 0 aliphatic carbocycles. The molecule has 0 rings (SSSR count). The SMILES string of the molecule is CCCCCCCCC(O)CCCCC(CCCCCC)S(=O)(=O)[O-].[K+]. The van der Waals surface area contributed by atoms with Crippen LogP contribution in [0.1, 0.15) is 117 Å². The van der Waals surface area contributed by atoms with Gasteiger partial charge in [0.15, 0.2) is 0 Å². The summed E-state index contributed by atoms with van der Waals surface area (Å²) in [5.41, 5.74) is 0. The molecule has 0 aromatic rings. The first kappa shape index (κ1) is 29.7. The summed E-state index contributed by atoms with van der Waals surface area (Å²) in [4.78, 5) is 0. The first-order chi connectivity index (χ1) is 11.9. The standard InChI is InChI=1S/C20H42O4S.K/c1-3-5-7-9-10-11-15-19(21)16-13-14-18-20(25(22,23)24)17-12-8-6-4-2;/h19-21H,3-18H2,1-2H3,(H,22,23,24);/q;+1/p-1. The molecule has 0 aromatic heterocycles. The summed E-state index contributed by atoms with van der Waals surface area (Å²) < 4.78 is 34.1. The van der Waals surface area contributed by atoms with Gasteiger partial charge in [-0.3, -0.25) is 0 Å². The first-order valence-electron chi connectivity index (χ1n) is 10.5.